The Morgan fingerprint density at radius 3 is 1.67 bits per heavy atom. The maximum Gasteiger partial charge on any atom is 0.168 e. The third-order valence-corrected chi connectivity index (χ3v) is 4.08. The van der Waals surface area contributed by atoms with Gasteiger partial charge in [-0.2, -0.15) is 0 Å². The summed E-state index contributed by atoms with van der Waals surface area (Å²) in [5.74, 6) is 0.0361. The maximum atomic E-state index is 6.18. The third-order valence-electron chi connectivity index (χ3n) is 4.08. The molecule has 0 amide bonds. The SMILES string of the molecule is CCCCCCCCC(CC)C(C)(OC(C)C)OC(C)C. The minimum atomic E-state index is -0.444. The first-order valence-corrected chi connectivity index (χ1v) is 9.21. The Morgan fingerprint density at radius 1 is 0.762 bits per heavy atom. The molecule has 0 N–H and O–H groups in total. The molecule has 0 rings (SSSR count). The highest BCUT2D eigenvalue weighted by Gasteiger charge is 2.36. The second-order valence-electron chi connectivity index (χ2n) is 7.01. The van der Waals surface area contributed by atoms with Crippen LogP contribution in [0.1, 0.15) is 99.8 Å². The zero-order valence-corrected chi connectivity index (χ0v) is 15.7. The van der Waals surface area contributed by atoms with E-state index in [-0.39, 0.29) is 12.2 Å². The van der Waals surface area contributed by atoms with E-state index in [2.05, 4.69) is 48.5 Å². The van der Waals surface area contributed by atoms with Crippen molar-refractivity contribution in [1.82, 2.24) is 0 Å². The topological polar surface area (TPSA) is 18.5 Å². The first-order valence-electron chi connectivity index (χ1n) is 9.21. The van der Waals surface area contributed by atoms with Gasteiger partial charge >= 0.3 is 0 Å². The summed E-state index contributed by atoms with van der Waals surface area (Å²) in [7, 11) is 0. The Morgan fingerprint density at radius 2 is 1.24 bits per heavy atom. The fourth-order valence-corrected chi connectivity index (χ4v) is 3.16. The molecule has 0 heterocycles. The van der Waals surface area contributed by atoms with Gasteiger partial charge in [-0.1, -0.05) is 52.4 Å². The molecular weight excluding hydrogens is 260 g/mol. The summed E-state index contributed by atoms with van der Waals surface area (Å²) in [5, 5.41) is 0. The fourth-order valence-electron chi connectivity index (χ4n) is 3.16. The summed E-state index contributed by atoms with van der Waals surface area (Å²) >= 11 is 0. The maximum absolute atomic E-state index is 6.18. The highest BCUT2D eigenvalue weighted by atomic mass is 16.7. The molecule has 0 fully saturated rings. The van der Waals surface area contributed by atoms with Crippen molar-refractivity contribution in [1.29, 1.82) is 0 Å². The molecule has 21 heavy (non-hydrogen) atoms. The largest absolute Gasteiger partial charge is 0.347 e. The average molecular weight is 301 g/mol. The van der Waals surface area contributed by atoms with Crippen molar-refractivity contribution in [3.8, 4) is 0 Å². The van der Waals surface area contributed by atoms with Gasteiger partial charge in [0.05, 0.1) is 12.2 Å². The molecule has 0 aliphatic rings. The minimum Gasteiger partial charge on any atom is -0.347 e. The van der Waals surface area contributed by atoms with Crippen molar-refractivity contribution in [2.75, 3.05) is 0 Å². The molecule has 0 saturated carbocycles. The van der Waals surface area contributed by atoms with E-state index in [0.29, 0.717) is 5.92 Å². The lowest BCUT2D eigenvalue weighted by atomic mass is 9.90. The molecule has 2 nitrogen and oxygen atoms in total. The van der Waals surface area contributed by atoms with Gasteiger partial charge in [-0.15, -0.1) is 0 Å². The standard InChI is InChI=1S/C19H40O2/c1-8-10-11-12-13-14-15-18(9-2)19(7,20-16(3)4)21-17(5)6/h16-18H,8-15H2,1-7H3. The van der Waals surface area contributed by atoms with Gasteiger partial charge in [-0.3, -0.25) is 0 Å². The second kappa shape index (κ2) is 11.5. The Balaban J connectivity index is 4.38. The third kappa shape index (κ3) is 9.52. The van der Waals surface area contributed by atoms with Gasteiger partial charge in [0, 0.05) is 5.92 Å². The first-order chi connectivity index (χ1) is 9.85. The van der Waals surface area contributed by atoms with Crippen LogP contribution in [0.2, 0.25) is 0 Å². The van der Waals surface area contributed by atoms with Crippen LogP contribution in [0, 0.1) is 5.92 Å². The van der Waals surface area contributed by atoms with Crippen molar-refractivity contribution in [2.45, 2.75) is 118 Å². The summed E-state index contributed by atoms with van der Waals surface area (Å²) < 4.78 is 12.4. The molecular formula is C19H40O2. The van der Waals surface area contributed by atoms with E-state index in [1.807, 2.05) is 0 Å². The minimum absolute atomic E-state index is 0.201. The molecule has 0 aromatic rings. The normalized spacial score (nSPS) is 14.1. The van der Waals surface area contributed by atoms with Crippen molar-refractivity contribution in [2.24, 2.45) is 5.92 Å². The fraction of sp³-hybridized carbons (Fsp3) is 1.00. The molecule has 128 valence electrons. The molecule has 1 unspecified atom stereocenters. The van der Waals surface area contributed by atoms with Crippen molar-refractivity contribution >= 4 is 0 Å². The van der Waals surface area contributed by atoms with E-state index in [1.165, 1.54) is 44.9 Å². The number of hydrogen-bond acceptors (Lipinski definition) is 2. The van der Waals surface area contributed by atoms with Gasteiger partial charge in [-0.05, 0) is 47.5 Å². The molecule has 0 aromatic heterocycles. The summed E-state index contributed by atoms with van der Waals surface area (Å²) in [5.41, 5.74) is 0. The Labute approximate surface area is 134 Å². The Hall–Kier alpha value is -0.0800. The van der Waals surface area contributed by atoms with E-state index in [9.17, 15) is 0 Å². The van der Waals surface area contributed by atoms with Crippen LogP contribution in [0.3, 0.4) is 0 Å². The lowest BCUT2D eigenvalue weighted by Crippen LogP contribution is -2.44. The smallest absolute Gasteiger partial charge is 0.168 e. The quantitative estimate of drug-likeness (QED) is 0.292. The van der Waals surface area contributed by atoms with Crippen LogP contribution in [-0.4, -0.2) is 18.0 Å². The number of unbranched alkanes of at least 4 members (excludes halogenated alkanes) is 5. The van der Waals surface area contributed by atoms with Crippen LogP contribution in [0.5, 0.6) is 0 Å². The van der Waals surface area contributed by atoms with Crippen LogP contribution >= 0.6 is 0 Å². The average Bonchev–Trinajstić information content (AvgIpc) is 2.35. The van der Waals surface area contributed by atoms with Crippen molar-refractivity contribution in [3.63, 3.8) is 0 Å². The number of rotatable bonds is 13. The van der Waals surface area contributed by atoms with Crippen molar-refractivity contribution < 1.29 is 9.47 Å². The zero-order chi connectivity index (χ0) is 16.3. The second-order valence-corrected chi connectivity index (χ2v) is 7.01. The molecule has 0 saturated heterocycles. The Kier molecular flexibility index (Phi) is 11.4. The van der Waals surface area contributed by atoms with Crippen molar-refractivity contribution in [3.05, 3.63) is 0 Å². The first kappa shape index (κ1) is 20.9. The number of hydrogen-bond donors (Lipinski definition) is 0. The summed E-state index contributed by atoms with van der Waals surface area (Å²) in [6, 6.07) is 0. The predicted molar refractivity (Wildman–Crippen MR) is 92.6 cm³/mol. The molecule has 0 spiro atoms. The van der Waals surface area contributed by atoms with E-state index < -0.39 is 5.79 Å². The number of ether oxygens (including phenoxy) is 2. The van der Waals surface area contributed by atoms with Gasteiger partial charge < -0.3 is 9.47 Å². The molecule has 0 aromatic carbocycles. The molecule has 0 bridgehead atoms. The van der Waals surface area contributed by atoms with Crippen LogP contribution < -0.4 is 0 Å². The van der Waals surface area contributed by atoms with Crippen LogP contribution in [0.15, 0.2) is 0 Å². The molecule has 0 aliphatic heterocycles. The lowest BCUT2D eigenvalue weighted by Gasteiger charge is -2.40. The van der Waals surface area contributed by atoms with Crippen LogP contribution in [0.4, 0.5) is 0 Å². The van der Waals surface area contributed by atoms with E-state index >= 15 is 0 Å². The van der Waals surface area contributed by atoms with E-state index in [0.717, 1.165) is 6.42 Å². The van der Waals surface area contributed by atoms with Gasteiger partial charge in [0.2, 0.25) is 0 Å². The highest BCUT2D eigenvalue weighted by Crippen LogP contribution is 2.33. The van der Waals surface area contributed by atoms with E-state index in [4.69, 9.17) is 9.47 Å². The summed E-state index contributed by atoms with van der Waals surface area (Å²) in [6.45, 7) is 15.0. The van der Waals surface area contributed by atoms with Crippen LogP contribution in [-0.2, 0) is 9.47 Å². The lowest BCUT2D eigenvalue weighted by molar-refractivity contribution is -0.286. The van der Waals surface area contributed by atoms with Gasteiger partial charge in [0.15, 0.2) is 5.79 Å². The van der Waals surface area contributed by atoms with Crippen LogP contribution in [0.25, 0.3) is 0 Å². The van der Waals surface area contributed by atoms with Gasteiger partial charge in [-0.25, -0.2) is 0 Å². The molecule has 1 atom stereocenters. The van der Waals surface area contributed by atoms with Gasteiger partial charge in [0.1, 0.15) is 0 Å². The monoisotopic (exact) mass is 300 g/mol. The molecule has 2 heteroatoms. The zero-order valence-electron chi connectivity index (χ0n) is 15.7. The summed E-state index contributed by atoms with van der Waals surface area (Å²) in [4.78, 5) is 0. The molecule has 0 aliphatic carbocycles. The highest BCUT2D eigenvalue weighted by molar-refractivity contribution is 4.76. The predicted octanol–water partition coefficient (Wildman–Crippen LogP) is 6.33. The molecule has 0 radical (unpaired) electrons. The van der Waals surface area contributed by atoms with Gasteiger partial charge in [0.25, 0.3) is 0 Å². The summed E-state index contributed by atoms with van der Waals surface area (Å²) in [6.07, 6.45) is 10.8. The Bertz CT molecular complexity index is 226. The van der Waals surface area contributed by atoms with E-state index in [1.54, 1.807) is 0 Å².